The third-order valence-corrected chi connectivity index (χ3v) is 2.34. The molecule has 0 bridgehead atoms. The predicted octanol–water partition coefficient (Wildman–Crippen LogP) is 0.762. The van der Waals surface area contributed by atoms with Crippen molar-refractivity contribution in [2.24, 2.45) is 5.92 Å². The minimum atomic E-state index is 0.482. The van der Waals surface area contributed by atoms with Crippen molar-refractivity contribution in [3.05, 3.63) is 4.77 Å². The second-order valence-electron chi connectivity index (χ2n) is 3.25. The minimum absolute atomic E-state index is 0.482. The first-order valence-corrected chi connectivity index (χ1v) is 4.83. The van der Waals surface area contributed by atoms with Crippen LogP contribution in [-0.2, 0) is 11.3 Å². The summed E-state index contributed by atoms with van der Waals surface area (Å²) < 4.78 is 7.62. The molecule has 0 aliphatic heterocycles. The van der Waals surface area contributed by atoms with Crippen molar-refractivity contribution in [3.63, 3.8) is 0 Å². The zero-order chi connectivity index (χ0) is 9.10. The fourth-order valence-electron chi connectivity index (χ4n) is 1.05. The fraction of sp³-hybridized carbons (Fsp3) is 0.857. The standard InChI is InChI=1S/C7H12N4OS/c13-7-8-9-10-11(7)3-4-12-5-6-1-2-6/h6H,1-5H2,(H,8,10,13). The molecule has 1 saturated carbocycles. The van der Waals surface area contributed by atoms with Crippen molar-refractivity contribution < 1.29 is 4.74 Å². The van der Waals surface area contributed by atoms with E-state index in [9.17, 15) is 0 Å². The molecule has 0 atom stereocenters. The lowest BCUT2D eigenvalue weighted by atomic mass is 10.5. The average molecular weight is 200 g/mol. The summed E-state index contributed by atoms with van der Waals surface area (Å²) >= 11 is 4.90. The van der Waals surface area contributed by atoms with Gasteiger partial charge in [-0.1, -0.05) is 10.3 Å². The second-order valence-corrected chi connectivity index (χ2v) is 3.62. The van der Waals surface area contributed by atoms with Gasteiger partial charge in [0.2, 0.25) is 4.77 Å². The van der Waals surface area contributed by atoms with Gasteiger partial charge in [0.15, 0.2) is 0 Å². The summed E-state index contributed by atoms with van der Waals surface area (Å²) in [5.41, 5.74) is 0. The van der Waals surface area contributed by atoms with Gasteiger partial charge in [0, 0.05) is 6.61 Å². The highest BCUT2D eigenvalue weighted by atomic mass is 32.1. The van der Waals surface area contributed by atoms with Gasteiger partial charge in [-0.15, -0.1) is 0 Å². The van der Waals surface area contributed by atoms with Gasteiger partial charge in [0.1, 0.15) is 0 Å². The highest BCUT2D eigenvalue weighted by molar-refractivity contribution is 7.71. The highest BCUT2D eigenvalue weighted by Crippen LogP contribution is 2.28. The van der Waals surface area contributed by atoms with Crippen LogP contribution < -0.4 is 0 Å². The number of aromatic amines is 1. The first kappa shape index (κ1) is 8.83. The molecular weight excluding hydrogens is 188 g/mol. The van der Waals surface area contributed by atoms with E-state index in [1.165, 1.54) is 12.8 Å². The van der Waals surface area contributed by atoms with Crippen LogP contribution in [0.5, 0.6) is 0 Å². The van der Waals surface area contributed by atoms with Gasteiger partial charge in [-0.25, -0.2) is 4.68 Å². The van der Waals surface area contributed by atoms with Crippen LogP contribution in [0.3, 0.4) is 0 Å². The lowest BCUT2D eigenvalue weighted by Gasteiger charge is -2.02. The van der Waals surface area contributed by atoms with Gasteiger partial charge >= 0.3 is 0 Å². The third-order valence-electron chi connectivity index (χ3n) is 2.04. The van der Waals surface area contributed by atoms with Gasteiger partial charge in [-0.3, -0.25) is 0 Å². The molecule has 0 spiro atoms. The van der Waals surface area contributed by atoms with Crippen LogP contribution in [0.15, 0.2) is 0 Å². The van der Waals surface area contributed by atoms with E-state index in [-0.39, 0.29) is 0 Å². The summed E-state index contributed by atoms with van der Waals surface area (Å²) in [6, 6.07) is 0. The number of hydrogen-bond donors (Lipinski definition) is 1. The smallest absolute Gasteiger partial charge is 0.238 e. The number of rotatable bonds is 5. The van der Waals surface area contributed by atoms with E-state index in [1.54, 1.807) is 4.68 Å². The Balaban J connectivity index is 1.67. The molecule has 1 N–H and O–H groups in total. The molecule has 0 radical (unpaired) electrons. The van der Waals surface area contributed by atoms with Crippen molar-refractivity contribution in [2.75, 3.05) is 13.2 Å². The zero-order valence-corrected chi connectivity index (χ0v) is 8.09. The summed E-state index contributed by atoms with van der Waals surface area (Å²) in [6.45, 7) is 2.27. The summed E-state index contributed by atoms with van der Waals surface area (Å²) in [7, 11) is 0. The number of nitrogens with one attached hydrogen (secondary N) is 1. The van der Waals surface area contributed by atoms with Crippen molar-refractivity contribution in [3.8, 4) is 0 Å². The topological polar surface area (TPSA) is 55.7 Å². The second kappa shape index (κ2) is 3.97. The molecule has 1 aliphatic carbocycles. The van der Waals surface area contributed by atoms with Crippen LogP contribution >= 0.6 is 12.2 Å². The van der Waals surface area contributed by atoms with E-state index in [2.05, 4.69) is 15.5 Å². The Bertz CT molecular complexity index is 316. The molecule has 1 aromatic rings. The molecule has 0 unspecified atom stereocenters. The van der Waals surface area contributed by atoms with Crippen molar-refractivity contribution in [2.45, 2.75) is 19.4 Å². The Hall–Kier alpha value is -0.750. The summed E-state index contributed by atoms with van der Waals surface area (Å²) in [4.78, 5) is 0. The largest absolute Gasteiger partial charge is 0.379 e. The van der Waals surface area contributed by atoms with Crippen molar-refractivity contribution in [1.29, 1.82) is 0 Å². The molecule has 13 heavy (non-hydrogen) atoms. The number of nitrogens with zero attached hydrogens (tertiary/aromatic N) is 3. The molecule has 1 aliphatic rings. The average Bonchev–Trinajstić information content (AvgIpc) is 2.86. The monoisotopic (exact) mass is 200 g/mol. The molecule has 1 fully saturated rings. The number of tetrazole rings is 1. The van der Waals surface area contributed by atoms with Gasteiger partial charge < -0.3 is 4.74 Å². The first-order valence-electron chi connectivity index (χ1n) is 4.42. The molecule has 2 rings (SSSR count). The van der Waals surface area contributed by atoms with Gasteiger partial charge in [-0.2, -0.15) is 5.21 Å². The lowest BCUT2D eigenvalue weighted by molar-refractivity contribution is 0.114. The number of hydrogen-bond acceptors (Lipinski definition) is 4. The van der Waals surface area contributed by atoms with Crippen LogP contribution in [0, 0.1) is 10.7 Å². The molecule has 6 heteroatoms. The number of H-pyrrole nitrogens is 1. The maximum absolute atomic E-state index is 5.44. The van der Waals surface area contributed by atoms with E-state index >= 15 is 0 Å². The maximum atomic E-state index is 5.44. The number of aromatic nitrogens is 4. The molecule has 72 valence electrons. The number of ether oxygens (including phenoxy) is 1. The summed E-state index contributed by atoms with van der Waals surface area (Å²) in [5, 5.41) is 9.92. The molecule has 0 aromatic carbocycles. The summed E-state index contributed by atoms with van der Waals surface area (Å²) in [6.07, 6.45) is 2.65. The minimum Gasteiger partial charge on any atom is -0.379 e. The first-order chi connectivity index (χ1) is 6.36. The van der Waals surface area contributed by atoms with E-state index in [0.29, 0.717) is 17.9 Å². The van der Waals surface area contributed by atoms with Crippen molar-refractivity contribution >= 4 is 12.2 Å². The Morgan fingerprint density at radius 1 is 1.62 bits per heavy atom. The van der Waals surface area contributed by atoms with Crippen LogP contribution in [0.4, 0.5) is 0 Å². The molecule has 0 amide bonds. The lowest BCUT2D eigenvalue weighted by Crippen LogP contribution is -2.09. The van der Waals surface area contributed by atoms with Crippen LogP contribution in [0.25, 0.3) is 0 Å². The molecule has 0 saturated heterocycles. The normalized spacial score (nSPS) is 16.3. The summed E-state index contributed by atoms with van der Waals surface area (Å²) in [5.74, 6) is 0.813. The van der Waals surface area contributed by atoms with Gasteiger partial charge in [0.25, 0.3) is 0 Å². The van der Waals surface area contributed by atoms with E-state index < -0.39 is 0 Å². The Kier molecular flexibility index (Phi) is 2.70. The molecular formula is C7H12N4OS. The van der Waals surface area contributed by atoms with E-state index in [4.69, 9.17) is 17.0 Å². The highest BCUT2D eigenvalue weighted by Gasteiger charge is 2.20. The third kappa shape index (κ3) is 2.60. The van der Waals surface area contributed by atoms with Crippen LogP contribution in [0.2, 0.25) is 0 Å². The quantitative estimate of drug-likeness (QED) is 0.563. The Morgan fingerprint density at radius 3 is 3.08 bits per heavy atom. The fourth-order valence-corrected chi connectivity index (χ4v) is 1.22. The SMILES string of the molecule is S=c1nn[nH]n1CCOCC1CC1. The molecule has 1 heterocycles. The van der Waals surface area contributed by atoms with E-state index in [1.807, 2.05) is 0 Å². The molecule has 1 aromatic heterocycles. The predicted molar refractivity (Wildman–Crippen MR) is 48.7 cm³/mol. The van der Waals surface area contributed by atoms with Gasteiger partial charge in [-0.05, 0) is 31.0 Å². The van der Waals surface area contributed by atoms with Gasteiger partial charge in [0.05, 0.1) is 13.2 Å². The molecule has 5 nitrogen and oxygen atoms in total. The van der Waals surface area contributed by atoms with Crippen LogP contribution in [-0.4, -0.2) is 33.4 Å². The maximum Gasteiger partial charge on any atom is 0.238 e. The Labute approximate surface area is 81.1 Å². The van der Waals surface area contributed by atoms with Crippen LogP contribution in [0.1, 0.15) is 12.8 Å². The van der Waals surface area contributed by atoms with Crippen molar-refractivity contribution in [1.82, 2.24) is 20.2 Å². The Morgan fingerprint density at radius 2 is 2.46 bits per heavy atom. The zero-order valence-electron chi connectivity index (χ0n) is 7.27. The van der Waals surface area contributed by atoms with E-state index in [0.717, 1.165) is 12.5 Å².